The lowest BCUT2D eigenvalue weighted by Crippen LogP contribution is -2.36. The lowest BCUT2D eigenvalue weighted by atomic mass is 10.0. The van der Waals surface area contributed by atoms with E-state index >= 15 is 0 Å². The molecular formula is C24H22FN5O. The molecular weight excluding hydrogens is 393 g/mol. The van der Waals surface area contributed by atoms with Gasteiger partial charge in [0, 0.05) is 48.5 Å². The molecule has 7 heteroatoms. The van der Waals surface area contributed by atoms with Gasteiger partial charge in [0.25, 0.3) is 0 Å². The van der Waals surface area contributed by atoms with Crippen LogP contribution in [-0.4, -0.2) is 46.2 Å². The van der Waals surface area contributed by atoms with Crippen molar-refractivity contribution >= 4 is 16.6 Å². The lowest BCUT2D eigenvalue weighted by Gasteiger charge is -2.29. The van der Waals surface area contributed by atoms with E-state index in [4.69, 9.17) is 4.74 Å². The van der Waals surface area contributed by atoms with Crippen molar-refractivity contribution in [1.82, 2.24) is 19.9 Å². The number of ether oxygens (including phenoxy) is 1. The highest BCUT2D eigenvalue weighted by Gasteiger charge is 2.15. The average Bonchev–Trinajstić information content (AvgIpc) is 2.82. The highest BCUT2D eigenvalue weighted by Crippen LogP contribution is 2.30. The number of fused-ring (bicyclic) bond motifs is 1. The van der Waals surface area contributed by atoms with E-state index in [0.29, 0.717) is 12.0 Å². The molecule has 3 heterocycles. The molecule has 1 fully saturated rings. The first-order valence-electron chi connectivity index (χ1n) is 10.3. The van der Waals surface area contributed by atoms with Gasteiger partial charge < -0.3 is 9.64 Å². The monoisotopic (exact) mass is 415 g/mol. The van der Waals surface area contributed by atoms with Crippen molar-refractivity contribution in [2.45, 2.75) is 13.3 Å². The highest BCUT2D eigenvalue weighted by atomic mass is 19.1. The van der Waals surface area contributed by atoms with Gasteiger partial charge in [0.05, 0.1) is 35.8 Å². The van der Waals surface area contributed by atoms with Crippen LogP contribution in [0.1, 0.15) is 17.0 Å². The van der Waals surface area contributed by atoms with E-state index in [1.807, 2.05) is 19.1 Å². The summed E-state index contributed by atoms with van der Waals surface area (Å²) in [4.78, 5) is 19.9. The van der Waals surface area contributed by atoms with Crippen molar-refractivity contribution < 1.29 is 9.13 Å². The summed E-state index contributed by atoms with van der Waals surface area (Å²) in [6.45, 7) is 5.08. The first-order chi connectivity index (χ1) is 15.2. The van der Waals surface area contributed by atoms with Gasteiger partial charge in [-0.3, -0.25) is 9.97 Å². The largest absolute Gasteiger partial charge is 0.378 e. The molecule has 0 radical (unpaired) electrons. The van der Waals surface area contributed by atoms with Crippen molar-refractivity contribution in [3.05, 3.63) is 77.9 Å². The molecule has 0 aliphatic carbocycles. The zero-order valence-electron chi connectivity index (χ0n) is 17.3. The smallest absolute Gasteiger partial charge is 0.126 e. The molecule has 2 aromatic carbocycles. The third kappa shape index (κ3) is 3.96. The van der Waals surface area contributed by atoms with Crippen LogP contribution in [-0.2, 0) is 11.2 Å². The van der Waals surface area contributed by atoms with Gasteiger partial charge in [-0.05, 0) is 48.9 Å². The van der Waals surface area contributed by atoms with E-state index in [-0.39, 0.29) is 5.82 Å². The van der Waals surface area contributed by atoms with Gasteiger partial charge in [0.15, 0.2) is 0 Å². The van der Waals surface area contributed by atoms with Gasteiger partial charge in [-0.2, -0.15) is 0 Å². The zero-order chi connectivity index (χ0) is 21.2. The van der Waals surface area contributed by atoms with Crippen molar-refractivity contribution in [3.63, 3.8) is 0 Å². The number of nitrogens with zero attached hydrogens (tertiary/aromatic N) is 5. The van der Waals surface area contributed by atoms with Crippen LogP contribution in [0.15, 0.2) is 55.1 Å². The summed E-state index contributed by atoms with van der Waals surface area (Å²) in [7, 11) is 0. The van der Waals surface area contributed by atoms with Gasteiger partial charge in [-0.15, -0.1) is 0 Å². The summed E-state index contributed by atoms with van der Waals surface area (Å²) < 4.78 is 20.0. The number of benzene rings is 2. The predicted octanol–water partition coefficient (Wildman–Crippen LogP) is 3.96. The number of hydrogen-bond donors (Lipinski definition) is 0. The average molecular weight is 415 g/mol. The Morgan fingerprint density at radius 3 is 2.65 bits per heavy atom. The fraction of sp³-hybridized carbons (Fsp3) is 0.250. The van der Waals surface area contributed by atoms with Crippen molar-refractivity contribution in [2.75, 3.05) is 31.2 Å². The third-order valence-electron chi connectivity index (χ3n) is 5.66. The summed E-state index contributed by atoms with van der Waals surface area (Å²) in [5.41, 5.74) is 5.76. The number of halogens is 1. The van der Waals surface area contributed by atoms with Gasteiger partial charge in [-0.25, -0.2) is 14.4 Å². The molecule has 0 spiro atoms. The molecule has 0 atom stereocenters. The zero-order valence-corrected chi connectivity index (χ0v) is 17.3. The summed E-state index contributed by atoms with van der Waals surface area (Å²) >= 11 is 0. The Kier molecular flexibility index (Phi) is 5.26. The SMILES string of the molecule is Cc1nccnc1Cc1cc(-c2ncnc3cc(N4CCOCC4)ccc23)ccc1F. The predicted molar refractivity (Wildman–Crippen MR) is 118 cm³/mol. The quantitative estimate of drug-likeness (QED) is 0.503. The summed E-state index contributed by atoms with van der Waals surface area (Å²) in [6, 6.07) is 11.3. The lowest BCUT2D eigenvalue weighted by molar-refractivity contribution is 0.122. The van der Waals surface area contributed by atoms with E-state index in [1.54, 1.807) is 24.8 Å². The topological polar surface area (TPSA) is 64.0 Å². The van der Waals surface area contributed by atoms with Crippen LogP contribution in [0.5, 0.6) is 0 Å². The van der Waals surface area contributed by atoms with Crippen LogP contribution in [0.25, 0.3) is 22.2 Å². The molecule has 0 bridgehead atoms. The number of hydrogen-bond acceptors (Lipinski definition) is 6. The van der Waals surface area contributed by atoms with Gasteiger partial charge in [0.2, 0.25) is 0 Å². The summed E-state index contributed by atoms with van der Waals surface area (Å²) in [5, 5.41) is 0.938. The minimum Gasteiger partial charge on any atom is -0.378 e. The second kappa shape index (κ2) is 8.35. The molecule has 1 saturated heterocycles. The Bertz CT molecular complexity index is 1240. The van der Waals surface area contributed by atoms with Crippen LogP contribution in [0, 0.1) is 12.7 Å². The van der Waals surface area contributed by atoms with Crippen LogP contribution in [0.4, 0.5) is 10.1 Å². The molecule has 2 aromatic heterocycles. The number of aromatic nitrogens is 4. The molecule has 31 heavy (non-hydrogen) atoms. The maximum Gasteiger partial charge on any atom is 0.126 e. The minimum absolute atomic E-state index is 0.262. The molecule has 4 aromatic rings. The minimum atomic E-state index is -0.262. The molecule has 156 valence electrons. The Balaban J connectivity index is 1.52. The maximum atomic E-state index is 14.6. The molecule has 0 N–H and O–H groups in total. The number of aryl methyl sites for hydroxylation is 1. The first kappa shape index (κ1) is 19.5. The molecule has 0 amide bonds. The van der Waals surface area contributed by atoms with Crippen LogP contribution >= 0.6 is 0 Å². The number of rotatable bonds is 4. The van der Waals surface area contributed by atoms with Crippen LogP contribution in [0.2, 0.25) is 0 Å². The summed E-state index contributed by atoms with van der Waals surface area (Å²) in [6.07, 6.45) is 5.22. The Labute approximate surface area is 179 Å². The molecule has 0 unspecified atom stereocenters. The molecule has 1 aliphatic heterocycles. The van der Waals surface area contributed by atoms with E-state index in [2.05, 4.69) is 37.0 Å². The van der Waals surface area contributed by atoms with Gasteiger partial charge in [-0.1, -0.05) is 0 Å². The summed E-state index contributed by atoms with van der Waals surface area (Å²) in [5.74, 6) is -0.262. The van der Waals surface area contributed by atoms with Crippen molar-refractivity contribution in [1.29, 1.82) is 0 Å². The van der Waals surface area contributed by atoms with Crippen molar-refractivity contribution in [3.8, 4) is 11.3 Å². The molecule has 6 nitrogen and oxygen atoms in total. The Morgan fingerprint density at radius 2 is 1.81 bits per heavy atom. The first-order valence-corrected chi connectivity index (χ1v) is 10.3. The maximum absolute atomic E-state index is 14.6. The molecule has 5 rings (SSSR count). The Morgan fingerprint density at radius 1 is 0.968 bits per heavy atom. The molecule has 0 saturated carbocycles. The normalized spacial score (nSPS) is 14.2. The van der Waals surface area contributed by atoms with E-state index in [9.17, 15) is 4.39 Å². The van der Waals surface area contributed by atoms with E-state index in [1.165, 1.54) is 6.07 Å². The standard InChI is InChI=1S/C24H22FN5O/c1-16-22(27-7-6-26-16)13-18-12-17(2-5-21(18)25)24-20-4-3-19(14-23(20)28-15-29-24)30-8-10-31-11-9-30/h2-7,12,14-15H,8-11,13H2,1H3. The second-order valence-electron chi connectivity index (χ2n) is 7.59. The fourth-order valence-electron chi connectivity index (χ4n) is 3.94. The number of morpholine rings is 1. The fourth-order valence-corrected chi connectivity index (χ4v) is 3.94. The number of anilines is 1. The van der Waals surface area contributed by atoms with Crippen LogP contribution < -0.4 is 4.90 Å². The Hall–Kier alpha value is -3.45. The van der Waals surface area contributed by atoms with E-state index < -0.39 is 0 Å². The van der Waals surface area contributed by atoms with Gasteiger partial charge in [0.1, 0.15) is 12.1 Å². The molecule has 1 aliphatic rings. The van der Waals surface area contributed by atoms with Crippen molar-refractivity contribution in [2.24, 2.45) is 0 Å². The second-order valence-corrected chi connectivity index (χ2v) is 7.59. The van der Waals surface area contributed by atoms with Gasteiger partial charge >= 0.3 is 0 Å². The van der Waals surface area contributed by atoms with E-state index in [0.717, 1.165) is 65.5 Å². The third-order valence-corrected chi connectivity index (χ3v) is 5.66. The highest BCUT2D eigenvalue weighted by molar-refractivity contribution is 5.94. The van der Waals surface area contributed by atoms with Crippen LogP contribution in [0.3, 0.4) is 0 Å².